The second kappa shape index (κ2) is 3.16. The summed E-state index contributed by atoms with van der Waals surface area (Å²) in [7, 11) is 0. The van der Waals surface area contributed by atoms with Gasteiger partial charge in [0.25, 0.3) is 0 Å². The van der Waals surface area contributed by atoms with Crippen molar-refractivity contribution < 1.29 is 9.13 Å². The van der Waals surface area contributed by atoms with Crippen LogP contribution in [0.1, 0.15) is 19.8 Å². The van der Waals surface area contributed by atoms with E-state index in [0.29, 0.717) is 13.0 Å². The molecular weight excluding hydrogens is 119 g/mol. The molecule has 0 saturated carbocycles. The van der Waals surface area contributed by atoms with Crippen molar-refractivity contribution in [2.24, 2.45) is 5.92 Å². The third-order valence-corrected chi connectivity index (χ3v) is 1.87. The smallest absolute Gasteiger partial charge is 0.105 e. The van der Waals surface area contributed by atoms with Crippen LogP contribution < -0.4 is 0 Å². The molecule has 9 heavy (non-hydrogen) atoms. The zero-order valence-corrected chi connectivity index (χ0v) is 5.77. The largest absolute Gasteiger partial charge is 0.381 e. The van der Waals surface area contributed by atoms with E-state index >= 15 is 0 Å². The summed E-state index contributed by atoms with van der Waals surface area (Å²) < 4.78 is 17.8. The molecular formula is C7H13FO. The minimum absolute atomic E-state index is 0.190. The molecule has 54 valence electrons. The first-order chi connectivity index (χ1) is 4.34. The highest BCUT2D eigenvalue weighted by Gasteiger charge is 2.23. The second-order valence-corrected chi connectivity index (χ2v) is 2.55. The van der Waals surface area contributed by atoms with Gasteiger partial charge in [-0.1, -0.05) is 6.92 Å². The molecule has 1 saturated heterocycles. The van der Waals surface area contributed by atoms with Crippen molar-refractivity contribution in [1.29, 1.82) is 0 Å². The first-order valence-corrected chi connectivity index (χ1v) is 3.56. The molecule has 0 aromatic heterocycles. The summed E-state index contributed by atoms with van der Waals surface area (Å²) in [6.45, 7) is 3.27. The van der Waals surface area contributed by atoms with E-state index in [1.54, 1.807) is 0 Å². The predicted molar refractivity (Wildman–Crippen MR) is 34.1 cm³/mol. The average molecular weight is 132 g/mol. The molecule has 0 radical (unpaired) electrons. The summed E-state index contributed by atoms with van der Waals surface area (Å²) in [4.78, 5) is 0. The molecule has 1 nitrogen and oxygen atoms in total. The lowest BCUT2D eigenvalue weighted by Gasteiger charge is -2.09. The third kappa shape index (κ3) is 1.65. The van der Waals surface area contributed by atoms with Crippen molar-refractivity contribution in [3.63, 3.8) is 0 Å². The number of hydrogen-bond donors (Lipinski definition) is 0. The van der Waals surface area contributed by atoms with E-state index in [0.717, 1.165) is 13.0 Å². The number of halogens is 1. The molecule has 2 atom stereocenters. The van der Waals surface area contributed by atoms with Crippen LogP contribution in [-0.4, -0.2) is 19.4 Å². The van der Waals surface area contributed by atoms with Crippen molar-refractivity contribution in [3.05, 3.63) is 0 Å². The van der Waals surface area contributed by atoms with Crippen molar-refractivity contribution >= 4 is 0 Å². The van der Waals surface area contributed by atoms with Gasteiger partial charge in [0.2, 0.25) is 0 Å². The van der Waals surface area contributed by atoms with Gasteiger partial charge in [-0.2, -0.15) is 0 Å². The Morgan fingerprint density at radius 2 is 2.56 bits per heavy atom. The van der Waals surface area contributed by atoms with E-state index in [-0.39, 0.29) is 5.92 Å². The first-order valence-electron chi connectivity index (χ1n) is 3.56. The van der Waals surface area contributed by atoms with Gasteiger partial charge >= 0.3 is 0 Å². The molecule has 1 rings (SSSR count). The van der Waals surface area contributed by atoms with Crippen LogP contribution in [0.15, 0.2) is 0 Å². The fourth-order valence-corrected chi connectivity index (χ4v) is 1.17. The normalized spacial score (nSPS) is 30.7. The quantitative estimate of drug-likeness (QED) is 0.556. The summed E-state index contributed by atoms with van der Waals surface area (Å²) in [5, 5.41) is 0. The predicted octanol–water partition coefficient (Wildman–Crippen LogP) is 1.77. The lowest BCUT2D eigenvalue weighted by atomic mass is 10.0. The van der Waals surface area contributed by atoms with E-state index in [1.165, 1.54) is 0 Å². The highest BCUT2D eigenvalue weighted by molar-refractivity contribution is 4.71. The molecule has 0 spiro atoms. The Hall–Kier alpha value is -0.110. The fraction of sp³-hybridized carbons (Fsp3) is 1.00. The zero-order valence-electron chi connectivity index (χ0n) is 5.77. The van der Waals surface area contributed by atoms with Gasteiger partial charge in [0, 0.05) is 12.5 Å². The minimum Gasteiger partial charge on any atom is -0.381 e. The number of alkyl halides is 1. The van der Waals surface area contributed by atoms with Gasteiger partial charge in [0.05, 0.1) is 6.61 Å². The molecule has 1 heterocycles. The molecule has 0 unspecified atom stereocenters. The van der Waals surface area contributed by atoms with Crippen LogP contribution >= 0.6 is 0 Å². The first kappa shape index (κ1) is 7.00. The summed E-state index contributed by atoms with van der Waals surface area (Å²) in [5.74, 6) is 0.190. The molecule has 0 amide bonds. The van der Waals surface area contributed by atoms with Crippen LogP contribution in [0.4, 0.5) is 4.39 Å². The van der Waals surface area contributed by atoms with Crippen molar-refractivity contribution in [2.45, 2.75) is 25.9 Å². The summed E-state index contributed by atoms with van der Waals surface area (Å²) >= 11 is 0. The van der Waals surface area contributed by atoms with Gasteiger partial charge < -0.3 is 4.74 Å². The SMILES string of the molecule is CC[C@H](F)[C@@H]1CCOC1. The molecule has 1 aliphatic heterocycles. The highest BCUT2D eigenvalue weighted by atomic mass is 19.1. The molecule has 1 aliphatic rings. The van der Waals surface area contributed by atoms with Crippen molar-refractivity contribution in [3.8, 4) is 0 Å². The Labute approximate surface area is 55.2 Å². The molecule has 2 heteroatoms. The Morgan fingerprint density at radius 3 is 3.00 bits per heavy atom. The van der Waals surface area contributed by atoms with Crippen molar-refractivity contribution in [1.82, 2.24) is 0 Å². The van der Waals surface area contributed by atoms with E-state index in [4.69, 9.17) is 4.74 Å². The molecule has 1 fully saturated rings. The lowest BCUT2D eigenvalue weighted by Crippen LogP contribution is -2.14. The van der Waals surface area contributed by atoms with E-state index in [2.05, 4.69) is 0 Å². The van der Waals surface area contributed by atoms with E-state index in [9.17, 15) is 4.39 Å². The minimum atomic E-state index is -0.632. The summed E-state index contributed by atoms with van der Waals surface area (Å²) in [6, 6.07) is 0. The van der Waals surface area contributed by atoms with Crippen molar-refractivity contribution in [2.75, 3.05) is 13.2 Å². The van der Waals surface area contributed by atoms with Crippen LogP contribution in [0.2, 0.25) is 0 Å². The molecule has 0 N–H and O–H groups in total. The van der Waals surface area contributed by atoms with Gasteiger partial charge in [0.15, 0.2) is 0 Å². The lowest BCUT2D eigenvalue weighted by molar-refractivity contribution is 0.153. The van der Waals surface area contributed by atoms with Gasteiger partial charge in [-0.15, -0.1) is 0 Å². The number of hydrogen-bond acceptors (Lipinski definition) is 1. The average Bonchev–Trinajstić information content (AvgIpc) is 2.37. The summed E-state index contributed by atoms with van der Waals surface area (Å²) in [5.41, 5.74) is 0. The Kier molecular flexibility index (Phi) is 2.46. The zero-order chi connectivity index (χ0) is 6.69. The maximum absolute atomic E-state index is 12.8. The standard InChI is InChI=1S/C7H13FO/c1-2-7(8)6-3-4-9-5-6/h6-7H,2-5H2,1H3/t6-,7+/m1/s1. The number of rotatable bonds is 2. The highest BCUT2D eigenvalue weighted by Crippen LogP contribution is 2.20. The molecule has 0 aromatic rings. The van der Waals surface area contributed by atoms with Gasteiger partial charge in [-0.05, 0) is 12.8 Å². The Morgan fingerprint density at radius 1 is 1.78 bits per heavy atom. The maximum atomic E-state index is 12.8. The molecule has 0 aliphatic carbocycles. The van der Waals surface area contributed by atoms with E-state index < -0.39 is 6.17 Å². The maximum Gasteiger partial charge on any atom is 0.105 e. The topological polar surface area (TPSA) is 9.23 Å². The van der Waals surface area contributed by atoms with Crippen LogP contribution in [0.3, 0.4) is 0 Å². The fourth-order valence-electron chi connectivity index (χ4n) is 1.17. The summed E-state index contributed by atoms with van der Waals surface area (Å²) in [6.07, 6.45) is 0.913. The van der Waals surface area contributed by atoms with Crippen LogP contribution in [0.25, 0.3) is 0 Å². The number of ether oxygens (including phenoxy) is 1. The van der Waals surface area contributed by atoms with Gasteiger partial charge in [0.1, 0.15) is 6.17 Å². The van der Waals surface area contributed by atoms with Gasteiger partial charge in [-0.3, -0.25) is 0 Å². The van der Waals surface area contributed by atoms with Gasteiger partial charge in [-0.25, -0.2) is 4.39 Å². The van der Waals surface area contributed by atoms with Crippen LogP contribution in [-0.2, 0) is 4.74 Å². The molecule has 0 aromatic carbocycles. The Bertz CT molecular complexity index is 79.0. The van der Waals surface area contributed by atoms with Crippen LogP contribution in [0.5, 0.6) is 0 Å². The van der Waals surface area contributed by atoms with Crippen LogP contribution in [0, 0.1) is 5.92 Å². The monoisotopic (exact) mass is 132 g/mol. The second-order valence-electron chi connectivity index (χ2n) is 2.55. The Balaban J connectivity index is 2.24. The van der Waals surface area contributed by atoms with E-state index in [1.807, 2.05) is 6.92 Å². The third-order valence-electron chi connectivity index (χ3n) is 1.87. The molecule has 0 bridgehead atoms.